The van der Waals surface area contributed by atoms with Crippen LogP contribution in [0.1, 0.15) is 34.4 Å². The number of aliphatic hydroxyl groups excluding tert-OH is 1. The summed E-state index contributed by atoms with van der Waals surface area (Å²) in [5.41, 5.74) is 4.93. The maximum absolute atomic E-state index is 11.2. The van der Waals surface area contributed by atoms with E-state index in [2.05, 4.69) is 53.4 Å². The molecule has 126 valence electrons. The Bertz CT molecular complexity index is 816. The Balaban J connectivity index is 1.69. The van der Waals surface area contributed by atoms with Crippen molar-refractivity contribution in [3.8, 4) is 0 Å². The highest BCUT2D eigenvalue weighted by molar-refractivity contribution is 5.31. The zero-order valence-corrected chi connectivity index (χ0v) is 14.3. The van der Waals surface area contributed by atoms with Crippen LogP contribution in [0.2, 0.25) is 0 Å². The number of hydrogen-bond acceptors (Lipinski definition) is 2. The summed E-state index contributed by atoms with van der Waals surface area (Å²) in [6.07, 6.45) is 0.481. The third-order valence-electron chi connectivity index (χ3n) is 5.13. The molecule has 3 aromatic carbocycles. The molecular weight excluding hydrogens is 306 g/mol. The van der Waals surface area contributed by atoms with Crippen molar-refractivity contribution in [3.05, 3.63) is 107 Å². The van der Waals surface area contributed by atoms with Gasteiger partial charge in [0.15, 0.2) is 0 Å². The Morgan fingerprint density at radius 3 is 1.92 bits per heavy atom. The summed E-state index contributed by atoms with van der Waals surface area (Å²) in [6, 6.07) is 29.0. The monoisotopic (exact) mass is 329 g/mol. The first-order valence-electron chi connectivity index (χ1n) is 8.92. The van der Waals surface area contributed by atoms with E-state index in [0.29, 0.717) is 0 Å². The first-order chi connectivity index (χ1) is 12.3. The van der Waals surface area contributed by atoms with Crippen LogP contribution in [0, 0.1) is 0 Å². The first kappa shape index (κ1) is 16.1. The van der Waals surface area contributed by atoms with Crippen molar-refractivity contribution < 1.29 is 5.11 Å². The number of fused-ring (bicyclic) bond motifs is 1. The number of nitrogens with zero attached hydrogens (tertiary/aromatic N) is 1. The summed E-state index contributed by atoms with van der Waals surface area (Å²) in [5, 5.41) is 11.2. The van der Waals surface area contributed by atoms with Gasteiger partial charge in [0.25, 0.3) is 0 Å². The fourth-order valence-electron chi connectivity index (χ4n) is 3.83. The molecular formula is C23H23NO. The van der Waals surface area contributed by atoms with Crippen LogP contribution < -0.4 is 0 Å². The van der Waals surface area contributed by atoms with Crippen molar-refractivity contribution in [2.24, 2.45) is 0 Å². The van der Waals surface area contributed by atoms with E-state index in [4.69, 9.17) is 0 Å². The van der Waals surface area contributed by atoms with Crippen LogP contribution in [0.3, 0.4) is 0 Å². The summed E-state index contributed by atoms with van der Waals surface area (Å²) in [6.45, 7) is 1.83. The van der Waals surface area contributed by atoms with Gasteiger partial charge in [0.2, 0.25) is 0 Å². The molecule has 1 heterocycles. The minimum atomic E-state index is -0.547. The molecule has 2 heteroatoms. The van der Waals surface area contributed by atoms with Crippen molar-refractivity contribution >= 4 is 0 Å². The van der Waals surface area contributed by atoms with Gasteiger partial charge < -0.3 is 5.11 Å². The maximum atomic E-state index is 11.2. The van der Waals surface area contributed by atoms with Crippen LogP contribution in [-0.4, -0.2) is 16.6 Å². The fraction of sp³-hybridized carbons (Fsp3) is 0.217. The van der Waals surface area contributed by atoms with Gasteiger partial charge in [-0.25, -0.2) is 0 Å². The van der Waals surface area contributed by atoms with Gasteiger partial charge in [0.05, 0.1) is 12.1 Å². The van der Waals surface area contributed by atoms with Gasteiger partial charge in [-0.1, -0.05) is 84.9 Å². The molecule has 0 fully saturated rings. The summed E-state index contributed by atoms with van der Waals surface area (Å²) < 4.78 is 0. The lowest BCUT2D eigenvalue weighted by Crippen LogP contribution is -2.37. The predicted molar refractivity (Wildman–Crippen MR) is 101 cm³/mol. The fourth-order valence-corrected chi connectivity index (χ4v) is 3.83. The van der Waals surface area contributed by atoms with Gasteiger partial charge in [0.1, 0.15) is 0 Å². The van der Waals surface area contributed by atoms with E-state index >= 15 is 0 Å². The largest absolute Gasteiger partial charge is 0.386 e. The molecule has 0 amide bonds. The topological polar surface area (TPSA) is 23.5 Å². The molecule has 0 aliphatic carbocycles. The summed E-state index contributed by atoms with van der Waals surface area (Å²) >= 11 is 0. The Morgan fingerprint density at radius 2 is 1.24 bits per heavy atom. The highest BCUT2D eigenvalue weighted by atomic mass is 16.3. The number of hydrogen-bond donors (Lipinski definition) is 1. The van der Waals surface area contributed by atoms with E-state index in [1.807, 2.05) is 36.4 Å². The molecule has 3 aromatic rings. The Kier molecular flexibility index (Phi) is 4.64. The van der Waals surface area contributed by atoms with E-state index in [1.54, 1.807) is 0 Å². The third-order valence-corrected chi connectivity index (χ3v) is 5.13. The molecule has 0 saturated heterocycles. The molecule has 0 aromatic heterocycles. The lowest BCUT2D eigenvalue weighted by molar-refractivity contribution is 0.0390. The van der Waals surface area contributed by atoms with E-state index in [9.17, 15) is 5.11 Å². The average Bonchev–Trinajstić information content (AvgIpc) is 2.69. The van der Waals surface area contributed by atoms with Crippen LogP contribution in [0.25, 0.3) is 0 Å². The standard InChI is InChI=1S/C23H23NO/c25-23(20-12-5-2-6-13-20)22(19-10-3-1-4-11-19)24-16-15-18-9-7-8-14-21(18)17-24/h1-14,22-23,25H,15-17H2/t22-,23+/m1/s1. The van der Waals surface area contributed by atoms with E-state index < -0.39 is 6.10 Å². The summed E-state index contributed by atoms with van der Waals surface area (Å²) in [5.74, 6) is 0. The Morgan fingerprint density at radius 1 is 0.680 bits per heavy atom. The van der Waals surface area contributed by atoms with Crippen LogP contribution >= 0.6 is 0 Å². The number of benzene rings is 3. The molecule has 1 aliphatic heterocycles. The zero-order chi connectivity index (χ0) is 17.1. The second kappa shape index (κ2) is 7.22. The minimum Gasteiger partial charge on any atom is -0.386 e. The van der Waals surface area contributed by atoms with Crippen molar-refractivity contribution in [1.29, 1.82) is 0 Å². The minimum absolute atomic E-state index is 0.0445. The molecule has 0 radical (unpaired) electrons. The van der Waals surface area contributed by atoms with Gasteiger partial charge in [0, 0.05) is 13.1 Å². The van der Waals surface area contributed by atoms with Gasteiger partial charge in [-0.3, -0.25) is 4.90 Å². The molecule has 0 saturated carbocycles. The highest BCUT2D eigenvalue weighted by Crippen LogP contribution is 2.36. The molecule has 1 aliphatic rings. The molecule has 1 N–H and O–H groups in total. The van der Waals surface area contributed by atoms with Crippen LogP contribution in [-0.2, 0) is 13.0 Å². The normalized spacial score (nSPS) is 16.8. The van der Waals surface area contributed by atoms with Crippen molar-refractivity contribution in [3.63, 3.8) is 0 Å². The Labute approximate surface area is 149 Å². The van der Waals surface area contributed by atoms with E-state index in [0.717, 1.165) is 25.1 Å². The summed E-state index contributed by atoms with van der Waals surface area (Å²) in [4.78, 5) is 2.41. The molecule has 2 nitrogen and oxygen atoms in total. The molecule has 25 heavy (non-hydrogen) atoms. The van der Waals surface area contributed by atoms with Crippen molar-refractivity contribution in [2.75, 3.05) is 6.54 Å². The predicted octanol–water partition coefficient (Wildman–Crippen LogP) is 4.52. The van der Waals surface area contributed by atoms with Gasteiger partial charge >= 0.3 is 0 Å². The lowest BCUT2D eigenvalue weighted by atomic mass is 9.91. The maximum Gasteiger partial charge on any atom is 0.0986 e. The smallest absolute Gasteiger partial charge is 0.0986 e. The Hall–Kier alpha value is -2.42. The SMILES string of the molecule is O[C@@H](c1ccccc1)[C@@H](c1ccccc1)N1CCc2ccccc2C1. The third kappa shape index (κ3) is 3.37. The van der Waals surface area contributed by atoms with Crippen LogP contribution in [0.5, 0.6) is 0 Å². The number of aliphatic hydroxyl groups is 1. The highest BCUT2D eigenvalue weighted by Gasteiger charge is 2.31. The lowest BCUT2D eigenvalue weighted by Gasteiger charge is -2.38. The van der Waals surface area contributed by atoms with E-state index in [1.165, 1.54) is 16.7 Å². The molecule has 0 bridgehead atoms. The second-order valence-corrected chi connectivity index (χ2v) is 6.70. The van der Waals surface area contributed by atoms with Crippen LogP contribution in [0.15, 0.2) is 84.9 Å². The van der Waals surface area contributed by atoms with E-state index in [-0.39, 0.29) is 6.04 Å². The van der Waals surface area contributed by atoms with Gasteiger partial charge in [-0.05, 0) is 28.7 Å². The molecule has 0 unspecified atom stereocenters. The van der Waals surface area contributed by atoms with Gasteiger partial charge in [-0.2, -0.15) is 0 Å². The average molecular weight is 329 g/mol. The second-order valence-electron chi connectivity index (χ2n) is 6.70. The zero-order valence-electron chi connectivity index (χ0n) is 14.3. The van der Waals surface area contributed by atoms with Crippen LogP contribution in [0.4, 0.5) is 0 Å². The quantitative estimate of drug-likeness (QED) is 0.761. The molecule has 4 rings (SSSR count). The molecule has 2 atom stereocenters. The van der Waals surface area contributed by atoms with Crippen molar-refractivity contribution in [1.82, 2.24) is 4.90 Å². The molecule has 0 spiro atoms. The van der Waals surface area contributed by atoms with Crippen molar-refractivity contribution in [2.45, 2.75) is 25.1 Å². The number of rotatable bonds is 4. The van der Waals surface area contributed by atoms with Gasteiger partial charge in [-0.15, -0.1) is 0 Å². The first-order valence-corrected chi connectivity index (χ1v) is 8.92. The summed E-state index contributed by atoms with van der Waals surface area (Å²) in [7, 11) is 0.